The van der Waals surface area contributed by atoms with Crippen LogP contribution in [0, 0.1) is 5.92 Å². The second-order valence-electron chi connectivity index (χ2n) is 9.85. The number of esters is 1. The number of benzene rings is 1. The largest absolute Gasteiger partial charge is 0.493 e. The van der Waals surface area contributed by atoms with Crippen molar-refractivity contribution < 1.29 is 23.8 Å². The van der Waals surface area contributed by atoms with Crippen molar-refractivity contribution in [2.24, 2.45) is 10.9 Å². The summed E-state index contributed by atoms with van der Waals surface area (Å²) in [7, 11) is 3.14. The Labute approximate surface area is 211 Å². The van der Waals surface area contributed by atoms with Crippen molar-refractivity contribution >= 4 is 28.8 Å². The van der Waals surface area contributed by atoms with Gasteiger partial charge in [-0.1, -0.05) is 37.7 Å². The maximum atomic E-state index is 13.5. The molecule has 0 radical (unpaired) electrons. The molecule has 9 heteroatoms. The van der Waals surface area contributed by atoms with E-state index in [2.05, 4.69) is 5.32 Å². The molecule has 0 saturated heterocycles. The lowest BCUT2D eigenvalue weighted by molar-refractivity contribution is -0.150. The monoisotopic (exact) mass is 501 g/mol. The van der Waals surface area contributed by atoms with Gasteiger partial charge in [-0.2, -0.15) is 0 Å². The number of fused-ring (bicyclic) bond motifs is 1. The van der Waals surface area contributed by atoms with Crippen molar-refractivity contribution in [1.82, 2.24) is 10.2 Å². The summed E-state index contributed by atoms with van der Waals surface area (Å²) in [5.41, 5.74) is 1.74. The fourth-order valence-electron chi connectivity index (χ4n) is 3.93. The molecule has 0 fully saturated rings. The Bertz CT molecular complexity index is 1080. The van der Waals surface area contributed by atoms with Crippen LogP contribution >= 0.6 is 11.8 Å². The van der Waals surface area contributed by atoms with Gasteiger partial charge in [-0.3, -0.25) is 4.79 Å². The predicted octanol–water partition coefficient (Wildman–Crippen LogP) is 4.78. The van der Waals surface area contributed by atoms with Crippen LogP contribution in [0.15, 0.2) is 45.6 Å². The smallest absolute Gasteiger partial charge is 0.338 e. The zero-order valence-corrected chi connectivity index (χ0v) is 22.5. The van der Waals surface area contributed by atoms with Crippen LogP contribution in [0.2, 0.25) is 0 Å². The van der Waals surface area contributed by atoms with Crippen LogP contribution in [0.25, 0.3) is 0 Å². The van der Waals surface area contributed by atoms with Gasteiger partial charge in [-0.25, -0.2) is 9.79 Å². The number of carbonyl (C=O) groups excluding carboxylic acids is 2. The third kappa shape index (κ3) is 6.01. The van der Waals surface area contributed by atoms with Crippen LogP contribution in [-0.4, -0.2) is 48.3 Å². The number of para-hydroxylation sites is 1. The number of thioether (sulfide) groups is 1. The lowest BCUT2D eigenvalue weighted by Gasteiger charge is -2.37. The molecule has 0 aliphatic carbocycles. The van der Waals surface area contributed by atoms with E-state index in [0.717, 1.165) is 11.3 Å². The highest BCUT2D eigenvalue weighted by molar-refractivity contribution is 8.16. The van der Waals surface area contributed by atoms with E-state index in [1.807, 2.05) is 57.1 Å². The Morgan fingerprint density at radius 1 is 1.20 bits per heavy atom. The molecule has 1 aromatic rings. The SMILES string of the molecule is COc1cccc([C@@H]2C(C(=O)OC(C)(C)C)=C(C)N=C3SC=C(CC(=O)NCC(C)C)N32)c1OC. The zero-order valence-electron chi connectivity index (χ0n) is 21.7. The van der Waals surface area contributed by atoms with Gasteiger partial charge in [0, 0.05) is 17.8 Å². The number of amidine groups is 1. The maximum Gasteiger partial charge on any atom is 0.338 e. The minimum absolute atomic E-state index is 0.0896. The minimum atomic E-state index is -0.688. The Balaban J connectivity index is 2.11. The van der Waals surface area contributed by atoms with Crippen LogP contribution in [0.1, 0.15) is 59.6 Å². The fourth-order valence-corrected chi connectivity index (χ4v) is 4.89. The molecule has 1 aromatic carbocycles. The molecule has 0 bridgehead atoms. The third-order valence-corrected chi connectivity index (χ3v) is 6.29. The summed E-state index contributed by atoms with van der Waals surface area (Å²) < 4.78 is 17.1. The fraction of sp³-hybridized carbons (Fsp3) is 0.500. The van der Waals surface area contributed by atoms with Crippen LogP contribution in [0.5, 0.6) is 11.5 Å². The first kappa shape index (κ1) is 26.7. The molecule has 35 heavy (non-hydrogen) atoms. The molecule has 3 rings (SSSR count). The zero-order chi connectivity index (χ0) is 25.9. The van der Waals surface area contributed by atoms with Crippen molar-refractivity contribution in [3.05, 3.63) is 46.1 Å². The van der Waals surface area contributed by atoms with E-state index in [0.29, 0.717) is 40.4 Å². The molecule has 2 aliphatic rings. The van der Waals surface area contributed by atoms with E-state index in [9.17, 15) is 9.59 Å². The molecule has 1 N–H and O–H groups in total. The Hall–Kier alpha value is -2.94. The number of hydrogen-bond acceptors (Lipinski definition) is 8. The van der Waals surface area contributed by atoms with Gasteiger partial charge in [0.2, 0.25) is 5.91 Å². The Morgan fingerprint density at radius 3 is 2.51 bits per heavy atom. The van der Waals surface area contributed by atoms with Crippen molar-refractivity contribution in [2.75, 3.05) is 20.8 Å². The first-order valence-corrected chi connectivity index (χ1v) is 12.5. The van der Waals surface area contributed by atoms with Crippen molar-refractivity contribution in [2.45, 2.75) is 59.6 Å². The number of ether oxygens (including phenoxy) is 3. The second-order valence-corrected chi connectivity index (χ2v) is 10.7. The van der Waals surface area contributed by atoms with Gasteiger partial charge in [0.1, 0.15) is 5.60 Å². The highest BCUT2D eigenvalue weighted by Crippen LogP contribution is 2.48. The summed E-state index contributed by atoms with van der Waals surface area (Å²) in [6, 6.07) is 4.94. The lowest BCUT2D eigenvalue weighted by Crippen LogP contribution is -2.39. The number of rotatable bonds is 8. The summed E-state index contributed by atoms with van der Waals surface area (Å²) in [6.45, 7) is 12.0. The third-order valence-electron chi connectivity index (χ3n) is 5.40. The standard InChI is InChI=1S/C26H35N3O5S/c1-15(2)13-27-20(30)12-17-14-35-25-28-16(3)21(24(31)34-26(4,5)6)22(29(17)25)18-10-9-11-19(32-7)23(18)33-8/h9-11,14-15,22H,12-13H2,1-8H3,(H,27,30)/t22-/m1/s1. The van der Waals surface area contributed by atoms with Gasteiger partial charge in [0.25, 0.3) is 0 Å². The van der Waals surface area contributed by atoms with Gasteiger partial charge < -0.3 is 24.4 Å². The Morgan fingerprint density at radius 2 is 1.91 bits per heavy atom. The van der Waals surface area contributed by atoms with Gasteiger partial charge in [-0.15, -0.1) is 0 Å². The number of methoxy groups -OCH3 is 2. The molecular weight excluding hydrogens is 466 g/mol. The predicted molar refractivity (Wildman–Crippen MR) is 138 cm³/mol. The molecule has 0 spiro atoms. The summed E-state index contributed by atoms with van der Waals surface area (Å²) >= 11 is 1.43. The highest BCUT2D eigenvalue weighted by atomic mass is 32.2. The van der Waals surface area contributed by atoms with Gasteiger partial charge >= 0.3 is 5.97 Å². The molecule has 190 valence electrons. The van der Waals surface area contributed by atoms with Crippen LogP contribution in [-0.2, 0) is 14.3 Å². The van der Waals surface area contributed by atoms with Gasteiger partial charge in [0.15, 0.2) is 16.7 Å². The quantitative estimate of drug-likeness (QED) is 0.513. The van der Waals surface area contributed by atoms with E-state index >= 15 is 0 Å². The molecule has 1 atom stereocenters. The summed E-state index contributed by atoms with van der Waals surface area (Å²) in [4.78, 5) is 32.9. The number of hydrogen-bond donors (Lipinski definition) is 1. The van der Waals surface area contributed by atoms with Crippen LogP contribution < -0.4 is 14.8 Å². The highest BCUT2D eigenvalue weighted by Gasteiger charge is 2.43. The number of carbonyl (C=O) groups is 2. The number of nitrogens with zero attached hydrogens (tertiary/aromatic N) is 2. The average molecular weight is 502 g/mol. The van der Waals surface area contributed by atoms with Crippen molar-refractivity contribution in [3.63, 3.8) is 0 Å². The first-order valence-electron chi connectivity index (χ1n) is 11.6. The first-order chi connectivity index (χ1) is 16.5. The number of aliphatic imine (C=N–C) groups is 1. The van der Waals surface area contributed by atoms with E-state index in [1.165, 1.54) is 11.8 Å². The van der Waals surface area contributed by atoms with Gasteiger partial charge in [-0.05, 0) is 45.1 Å². The van der Waals surface area contributed by atoms with E-state index in [-0.39, 0.29) is 12.3 Å². The molecular formula is C26H35N3O5S. The molecule has 1 amide bonds. The van der Waals surface area contributed by atoms with Crippen LogP contribution in [0.3, 0.4) is 0 Å². The van der Waals surface area contributed by atoms with Gasteiger partial charge in [0.05, 0.1) is 38.0 Å². The van der Waals surface area contributed by atoms with Crippen molar-refractivity contribution in [1.29, 1.82) is 0 Å². The molecule has 2 heterocycles. The average Bonchev–Trinajstić information content (AvgIpc) is 3.16. The topological polar surface area (TPSA) is 89.5 Å². The summed E-state index contributed by atoms with van der Waals surface area (Å²) in [5, 5.41) is 5.58. The molecule has 0 unspecified atom stereocenters. The molecule has 8 nitrogen and oxygen atoms in total. The molecule has 0 aromatic heterocycles. The number of nitrogens with one attached hydrogen (secondary N) is 1. The van der Waals surface area contributed by atoms with E-state index in [4.69, 9.17) is 19.2 Å². The number of amides is 1. The maximum absolute atomic E-state index is 13.5. The lowest BCUT2D eigenvalue weighted by atomic mass is 9.92. The minimum Gasteiger partial charge on any atom is -0.493 e. The van der Waals surface area contributed by atoms with E-state index in [1.54, 1.807) is 27.2 Å². The summed E-state index contributed by atoms with van der Waals surface area (Å²) in [5.74, 6) is 0.843. The molecule has 2 aliphatic heterocycles. The normalized spacial score (nSPS) is 17.6. The second kappa shape index (κ2) is 10.8. The van der Waals surface area contributed by atoms with Crippen molar-refractivity contribution in [3.8, 4) is 11.5 Å². The Kier molecular flexibility index (Phi) is 8.20. The van der Waals surface area contributed by atoms with E-state index < -0.39 is 17.6 Å². The molecule has 0 saturated carbocycles. The van der Waals surface area contributed by atoms with Crippen LogP contribution in [0.4, 0.5) is 0 Å². The number of allylic oxidation sites excluding steroid dienone is 1. The summed E-state index contributed by atoms with van der Waals surface area (Å²) in [6.07, 6.45) is 0.155.